The number of hydrogen-bond donors (Lipinski definition) is 1. The van der Waals surface area contributed by atoms with Crippen LogP contribution in [0.5, 0.6) is 5.75 Å². The van der Waals surface area contributed by atoms with Crippen molar-refractivity contribution in [2.75, 3.05) is 11.9 Å². The minimum atomic E-state index is -0.278. The first-order chi connectivity index (χ1) is 13.3. The van der Waals surface area contributed by atoms with Crippen LogP contribution in [0, 0.1) is 0 Å². The van der Waals surface area contributed by atoms with Crippen LogP contribution in [0.25, 0.3) is 10.8 Å². The van der Waals surface area contributed by atoms with Crippen LogP contribution < -0.4 is 10.1 Å². The van der Waals surface area contributed by atoms with Gasteiger partial charge >= 0.3 is 0 Å². The number of imidazole rings is 1. The van der Waals surface area contributed by atoms with Gasteiger partial charge < -0.3 is 19.0 Å². The topological polar surface area (TPSA) is 82.2 Å². The van der Waals surface area contributed by atoms with Gasteiger partial charge in [-0.3, -0.25) is 4.79 Å². The number of benzene rings is 1. The number of furan rings is 1. The van der Waals surface area contributed by atoms with E-state index in [0.29, 0.717) is 41.1 Å². The summed E-state index contributed by atoms with van der Waals surface area (Å²) in [4.78, 5) is 20.7. The zero-order valence-corrected chi connectivity index (χ0v) is 15.1. The van der Waals surface area contributed by atoms with E-state index in [2.05, 4.69) is 15.3 Å². The van der Waals surface area contributed by atoms with Crippen molar-refractivity contribution in [2.24, 2.45) is 0 Å². The minimum Gasteiger partial charge on any atom is -0.492 e. The van der Waals surface area contributed by atoms with E-state index in [-0.39, 0.29) is 5.91 Å². The number of carbonyl (C=O) groups excluding carboxylic acids is 1. The van der Waals surface area contributed by atoms with Crippen LogP contribution in [0.1, 0.15) is 10.5 Å². The summed E-state index contributed by atoms with van der Waals surface area (Å²) in [7, 11) is 0. The lowest BCUT2D eigenvalue weighted by atomic mass is 10.3. The van der Waals surface area contributed by atoms with E-state index in [1.54, 1.807) is 42.4 Å². The van der Waals surface area contributed by atoms with Crippen molar-refractivity contribution < 1.29 is 13.9 Å². The van der Waals surface area contributed by atoms with E-state index in [1.165, 1.54) is 11.3 Å². The number of ether oxygens (including phenoxy) is 1. The summed E-state index contributed by atoms with van der Waals surface area (Å²) >= 11 is 1.36. The lowest BCUT2D eigenvalue weighted by Crippen LogP contribution is -2.12. The number of carbonyl (C=O) groups is 1. The SMILES string of the molecule is O=C(Nc1cccc(OCCn2ccnc2)c1)c1csc(-c2ccco2)n1. The van der Waals surface area contributed by atoms with Crippen LogP contribution in [0.3, 0.4) is 0 Å². The van der Waals surface area contributed by atoms with Gasteiger partial charge in [0, 0.05) is 29.5 Å². The Hall–Kier alpha value is -3.39. The Morgan fingerprint density at radius 3 is 3.07 bits per heavy atom. The predicted octanol–water partition coefficient (Wildman–Crippen LogP) is 3.93. The number of anilines is 1. The summed E-state index contributed by atoms with van der Waals surface area (Å²) in [5.41, 5.74) is 0.991. The molecule has 0 aliphatic heterocycles. The molecule has 0 saturated carbocycles. The van der Waals surface area contributed by atoms with Crippen LogP contribution in [0.15, 0.2) is 71.2 Å². The molecule has 0 spiro atoms. The summed E-state index contributed by atoms with van der Waals surface area (Å²) in [6.45, 7) is 1.21. The maximum atomic E-state index is 12.4. The number of nitrogens with one attached hydrogen (secondary N) is 1. The van der Waals surface area contributed by atoms with Gasteiger partial charge in [-0.1, -0.05) is 6.07 Å². The average Bonchev–Trinajstić information content (AvgIpc) is 3.43. The number of rotatable bonds is 7. The van der Waals surface area contributed by atoms with Crippen LogP contribution in [-0.2, 0) is 6.54 Å². The number of amides is 1. The Morgan fingerprint density at radius 1 is 1.30 bits per heavy atom. The fourth-order valence-corrected chi connectivity index (χ4v) is 3.20. The van der Waals surface area contributed by atoms with Crippen LogP contribution in [0.4, 0.5) is 5.69 Å². The molecule has 0 fully saturated rings. The Bertz CT molecular complexity index is 1010. The largest absolute Gasteiger partial charge is 0.492 e. The Kier molecular flexibility index (Phi) is 4.97. The van der Waals surface area contributed by atoms with E-state index in [9.17, 15) is 4.79 Å². The molecule has 0 aliphatic carbocycles. The van der Waals surface area contributed by atoms with Crippen molar-refractivity contribution in [1.29, 1.82) is 0 Å². The Morgan fingerprint density at radius 2 is 2.26 bits per heavy atom. The van der Waals surface area contributed by atoms with Crippen molar-refractivity contribution >= 4 is 22.9 Å². The van der Waals surface area contributed by atoms with Gasteiger partial charge in [-0.05, 0) is 24.3 Å². The van der Waals surface area contributed by atoms with Crippen molar-refractivity contribution in [2.45, 2.75) is 6.54 Å². The van der Waals surface area contributed by atoms with Gasteiger partial charge in [0.1, 0.15) is 18.1 Å². The normalized spacial score (nSPS) is 10.7. The fraction of sp³-hybridized carbons (Fsp3) is 0.105. The standard InChI is InChI=1S/C19H16N4O3S/c24-18(16-12-27-19(22-16)17-5-2-9-26-17)21-14-3-1-4-15(11-14)25-10-8-23-7-6-20-13-23/h1-7,9,11-13H,8,10H2,(H,21,24). The molecule has 136 valence electrons. The third kappa shape index (κ3) is 4.24. The molecule has 0 radical (unpaired) electrons. The first kappa shape index (κ1) is 17.0. The number of nitrogens with zero attached hydrogens (tertiary/aromatic N) is 3. The predicted molar refractivity (Wildman–Crippen MR) is 102 cm³/mol. The number of thiazole rings is 1. The van der Waals surface area contributed by atoms with Gasteiger partial charge in [0.2, 0.25) is 0 Å². The molecule has 4 aromatic rings. The zero-order chi connectivity index (χ0) is 18.5. The highest BCUT2D eigenvalue weighted by molar-refractivity contribution is 7.13. The monoisotopic (exact) mass is 380 g/mol. The Labute approximate surface area is 159 Å². The summed E-state index contributed by atoms with van der Waals surface area (Å²) in [6.07, 6.45) is 6.93. The van der Waals surface area contributed by atoms with Crippen molar-refractivity contribution in [3.8, 4) is 16.5 Å². The molecule has 1 N–H and O–H groups in total. The molecule has 0 atom stereocenters. The molecule has 0 bridgehead atoms. The van der Waals surface area contributed by atoms with Crippen LogP contribution in [0.2, 0.25) is 0 Å². The van der Waals surface area contributed by atoms with E-state index < -0.39 is 0 Å². The highest BCUT2D eigenvalue weighted by atomic mass is 32.1. The van der Waals surface area contributed by atoms with Gasteiger partial charge in [-0.25, -0.2) is 9.97 Å². The number of aromatic nitrogens is 3. The van der Waals surface area contributed by atoms with Gasteiger partial charge in [-0.2, -0.15) is 0 Å². The quantitative estimate of drug-likeness (QED) is 0.525. The van der Waals surface area contributed by atoms with E-state index in [0.717, 1.165) is 0 Å². The van der Waals surface area contributed by atoms with Crippen LogP contribution >= 0.6 is 11.3 Å². The number of hydrogen-bond acceptors (Lipinski definition) is 6. The molecule has 8 heteroatoms. The highest BCUT2D eigenvalue weighted by Gasteiger charge is 2.13. The van der Waals surface area contributed by atoms with Crippen molar-refractivity contribution in [3.05, 3.63) is 72.5 Å². The van der Waals surface area contributed by atoms with Gasteiger partial charge in [-0.15, -0.1) is 11.3 Å². The van der Waals surface area contributed by atoms with Gasteiger partial charge in [0.15, 0.2) is 10.8 Å². The van der Waals surface area contributed by atoms with Gasteiger partial charge in [0.25, 0.3) is 5.91 Å². The summed E-state index contributed by atoms with van der Waals surface area (Å²) < 4.78 is 13.0. The second-order valence-corrected chi connectivity index (χ2v) is 6.50. The molecule has 0 aliphatic rings. The van der Waals surface area contributed by atoms with E-state index >= 15 is 0 Å². The van der Waals surface area contributed by atoms with Crippen LogP contribution in [-0.4, -0.2) is 27.0 Å². The molecule has 4 rings (SSSR count). The molecule has 1 aromatic carbocycles. The lowest BCUT2D eigenvalue weighted by molar-refractivity contribution is 0.102. The fourth-order valence-electron chi connectivity index (χ4n) is 2.44. The molecule has 1 amide bonds. The molecule has 0 unspecified atom stereocenters. The van der Waals surface area contributed by atoms with Gasteiger partial charge in [0.05, 0.1) is 19.1 Å². The third-order valence-corrected chi connectivity index (χ3v) is 4.59. The molecular weight excluding hydrogens is 364 g/mol. The van der Waals surface area contributed by atoms with Crippen molar-refractivity contribution in [1.82, 2.24) is 14.5 Å². The maximum Gasteiger partial charge on any atom is 0.275 e. The third-order valence-electron chi connectivity index (χ3n) is 3.74. The molecule has 3 aromatic heterocycles. The summed E-state index contributed by atoms with van der Waals surface area (Å²) in [5.74, 6) is 1.05. The second kappa shape index (κ2) is 7.88. The zero-order valence-electron chi connectivity index (χ0n) is 14.2. The summed E-state index contributed by atoms with van der Waals surface area (Å²) in [6, 6.07) is 10.9. The maximum absolute atomic E-state index is 12.4. The molecule has 27 heavy (non-hydrogen) atoms. The first-order valence-electron chi connectivity index (χ1n) is 8.27. The molecule has 3 heterocycles. The smallest absolute Gasteiger partial charge is 0.275 e. The second-order valence-electron chi connectivity index (χ2n) is 5.65. The molecule has 0 saturated heterocycles. The van der Waals surface area contributed by atoms with Crippen molar-refractivity contribution in [3.63, 3.8) is 0 Å². The average molecular weight is 380 g/mol. The summed E-state index contributed by atoms with van der Waals surface area (Å²) in [5, 5.41) is 5.22. The minimum absolute atomic E-state index is 0.278. The Balaban J connectivity index is 1.36. The molecular formula is C19H16N4O3S. The molecule has 7 nitrogen and oxygen atoms in total. The highest BCUT2D eigenvalue weighted by Crippen LogP contribution is 2.25. The first-order valence-corrected chi connectivity index (χ1v) is 9.15. The lowest BCUT2D eigenvalue weighted by Gasteiger charge is -2.09. The van der Waals surface area contributed by atoms with E-state index in [4.69, 9.17) is 9.15 Å². The van der Waals surface area contributed by atoms with E-state index in [1.807, 2.05) is 29.0 Å².